The number of carbonyl (C=O) groups is 1. The van der Waals surface area contributed by atoms with Crippen molar-refractivity contribution in [3.05, 3.63) is 59.7 Å². The van der Waals surface area contributed by atoms with Crippen molar-refractivity contribution < 1.29 is 14.3 Å². The van der Waals surface area contributed by atoms with Gasteiger partial charge in [-0.15, -0.1) is 0 Å². The van der Waals surface area contributed by atoms with Crippen molar-refractivity contribution in [2.75, 3.05) is 20.2 Å². The number of amides is 1. The number of benzene rings is 2. The Morgan fingerprint density at radius 2 is 1.59 bits per heavy atom. The van der Waals surface area contributed by atoms with Crippen molar-refractivity contribution in [3.63, 3.8) is 0 Å². The molecule has 0 bridgehead atoms. The first-order valence-corrected chi connectivity index (χ1v) is 10.7. The zero-order valence-corrected chi connectivity index (χ0v) is 18.5. The predicted molar refractivity (Wildman–Crippen MR) is 119 cm³/mol. The van der Waals surface area contributed by atoms with Gasteiger partial charge >= 0.3 is 0 Å². The van der Waals surface area contributed by atoms with E-state index in [4.69, 9.17) is 9.47 Å². The summed E-state index contributed by atoms with van der Waals surface area (Å²) in [5.41, 5.74) is 2.13. The number of methoxy groups -OCH3 is 1. The third-order valence-corrected chi connectivity index (χ3v) is 4.89. The van der Waals surface area contributed by atoms with Crippen LogP contribution < -0.4 is 9.47 Å². The van der Waals surface area contributed by atoms with Gasteiger partial charge in [-0.05, 0) is 50.5 Å². The summed E-state index contributed by atoms with van der Waals surface area (Å²) < 4.78 is 11.4. The summed E-state index contributed by atoms with van der Waals surface area (Å²) in [6.45, 7) is 9.85. The molecule has 0 fully saturated rings. The number of carbonyl (C=O) groups excluding carboxylic acids is 1. The first-order valence-electron chi connectivity index (χ1n) is 10.7. The maximum atomic E-state index is 13.2. The molecular weight excluding hydrogens is 362 g/mol. The summed E-state index contributed by atoms with van der Waals surface area (Å²) in [6, 6.07) is 16.1. The normalized spacial score (nSPS) is 11.9. The third-order valence-electron chi connectivity index (χ3n) is 4.89. The molecule has 0 aliphatic carbocycles. The summed E-state index contributed by atoms with van der Waals surface area (Å²) in [7, 11) is 1.68. The van der Waals surface area contributed by atoms with Crippen LogP contribution in [0.1, 0.15) is 64.0 Å². The molecule has 158 valence electrons. The van der Waals surface area contributed by atoms with Crippen molar-refractivity contribution in [3.8, 4) is 11.5 Å². The molecule has 0 radical (unpaired) electrons. The van der Waals surface area contributed by atoms with Crippen LogP contribution in [-0.2, 0) is 4.79 Å². The summed E-state index contributed by atoms with van der Waals surface area (Å²) in [6.07, 6.45) is 2.48. The van der Waals surface area contributed by atoms with Crippen LogP contribution in [0.2, 0.25) is 0 Å². The smallest absolute Gasteiger partial charge is 0.223 e. The highest BCUT2D eigenvalue weighted by Crippen LogP contribution is 2.35. The Labute approximate surface area is 175 Å². The average Bonchev–Trinajstić information content (AvgIpc) is 2.72. The first kappa shape index (κ1) is 22.8. The van der Waals surface area contributed by atoms with Gasteiger partial charge in [-0.25, -0.2) is 0 Å². The number of rotatable bonds is 11. The van der Waals surface area contributed by atoms with Crippen molar-refractivity contribution in [2.45, 2.75) is 59.0 Å². The number of ether oxygens (including phenoxy) is 2. The Hall–Kier alpha value is -2.49. The Bertz CT molecular complexity index is 749. The number of nitrogens with zero attached hydrogens (tertiary/aromatic N) is 1. The lowest BCUT2D eigenvalue weighted by molar-refractivity contribution is -0.131. The van der Waals surface area contributed by atoms with E-state index in [1.807, 2.05) is 49.1 Å². The van der Waals surface area contributed by atoms with Crippen molar-refractivity contribution in [1.82, 2.24) is 4.90 Å². The van der Waals surface area contributed by atoms with E-state index < -0.39 is 0 Å². The maximum Gasteiger partial charge on any atom is 0.223 e. The molecule has 2 rings (SSSR count). The van der Waals surface area contributed by atoms with Gasteiger partial charge in [-0.3, -0.25) is 4.79 Å². The Balaban J connectivity index is 2.37. The number of para-hydroxylation sites is 1. The highest BCUT2D eigenvalue weighted by Gasteiger charge is 2.24. The summed E-state index contributed by atoms with van der Waals surface area (Å²) in [5, 5.41) is 0. The highest BCUT2D eigenvalue weighted by molar-refractivity contribution is 5.78. The van der Waals surface area contributed by atoms with Crippen molar-refractivity contribution in [2.24, 2.45) is 0 Å². The quantitative estimate of drug-likeness (QED) is 0.491. The van der Waals surface area contributed by atoms with E-state index in [-0.39, 0.29) is 17.9 Å². The highest BCUT2D eigenvalue weighted by atomic mass is 16.5. The minimum Gasteiger partial charge on any atom is -0.496 e. The monoisotopic (exact) mass is 397 g/mol. The zero-order chi connectivity index (χ0) is 21.2. The van der Waals surface area contributed by atoms with Gasteiger partial charge in [0.25, 0.3) is 0 Å². The Kier molecular flexibility index (Phi) is 9.04. The molecule has 0 aliphatic rings. The molecule has 2 aromatic rings. The van der Waals surface area contributed by atoms with E-state index in [2.05, 4.69) is 32.0 Å². The fourth-order valence-electron chi connectivity index (χ4n) is 3.62. The van der Waals surface area contributed by atoms with Gasteiger partial charge < -0.3 is 14.4 Å². The second-order valence-corrected chi connectivity index (χ2v) is 7.62. The van der Waals surface area contributed by atoms with Crippen molar-refractivity contribution in [1.29, 1.82) is 0 Å². The average molecular weight is 398 g/mol. The molecule has 0 heterocycles. The van der Waals surface area contributed by atoms with Crippen molar-refractivity contribution >= 4 is 5.91 Å². The second-order valence-electron chi connectivity index (χ2n) is 7.62. The lowest BCUT2D eigenvalue weighted by atomic mass is 9.87. The van der Waals surface area contributed by atoms with Crippen LogP contribution in [-0.4, -0.2) is 37.1 Å². The lowest BCUT2D eigenvalue weighted by Crippen LogP contribution is -2.33. The van der Waals surface area contributed by atoms with Gasteiger partial charge in [-0.2, -0.15) is 0 Å². The topological polar surface area (TPSA) is 38.8 Å². The van der Waals surface area contributed by atoms with E-state index in [9.17, 15) is 4.79 Å². The van der Waals surface area contributed by atoms with Gasteiger partial charge in [0, 0.05) is 31.0 Å². The largest absolute Gasteiger partial charge is 0.496 e. The molecule has 0 saturated carbocycles. The van der Waals surface area contributed by atoms with Crippen LogP contribution in [0.15, 0.2) is 48.5 Å². The molecule has 1 atom stereocenters. The molecule has 1 unspecified atom stereocenters. The van der Waals surface area contributed by atoms with Gasteiger partial charge in [0.1, 0.15) is 11.5 Å². The van der Waals surface area contributed by atoms with E-state index in [0.29, 0.717) is 6.42 Å². The van der Waals surface area contributed by atoms with Crippen LogP contribution in [0.25, 0.3) is 0 Å². The van der Waals surface area contributed by atoms with Gasteiger partial charge in [-0.1, -0.05) is 44.2 Å². The van der Waals surface area contributed by atoms with E-state index in [1.54, 1.807) is 7.11 Å². The van der Waals surface area contributed by atoms with E-state index in [0.717, 1.165) is 48.6 Å². The molecule has 0 N–H and O–H groups in total. The van der Waals surface area contributed by atoms with Crippen LogP contribution in [0, 0.1) is 0 Å². The zero-order valence-electron chi connectivity index (χ0n) is 18.5. The fraction of sp³-hybridized carbons (Fsp3) is 0.480. The molecule has 4 heteroatoms. The van der Waals surface area contributed by atoms with Gasteiger partial charge in [0.05, 0.1) is 13.2 Å². The second kappa shape index (κ2) is 11.5. The summed E-state index contributed by atoms with van der Waals surface area (Å²) in [5.74, 6) is 1.77. The van der Waals surface area contributed by atoms with Crippen LogP contribution in [0.4, 0.5) is 0 Å². The Morgan fingerprint density at radius 1 is 0.966 bits per heavy atom. The minimum absolute atomic E-state index is 0.0667. The molecule has 0 spiro atoms. The van der Waals surface area contributed by atoms with E-state index >= 15 is 0 Å². The molecule has 2 aromatic carbocycles. The molecule has 0 saturated heterocycles. The van der Waals surface area contributed by atoms with Crippen LogP contribution in [0.3, 0.4) is 0 Å². The molecule has 0 aromatic heterocycles. The fourth-order valence-corrected chi connectivity index (χ4v) is 3.62. The van der Waals surface area contributed by atoms with E-state index in [1.165, 1.54) is 0 Å². The van der Waals surface area contributed by atoms with Crippen LogP contribution in [0.5, 0.6) is 11.5 Å². The molecule has 0 aliphatic heterocycles. The predicted octanol–water partition coefficient (Wildman–Crippen LogP) is 5.65. The van der Waals surface area contributed by atoms with Gasteiger partial charge in [0.15, 0.2) is 0 Å². The molecule has 29 heavy (non-hydrogen) atoms. The standard InChI is InChI=1S/C25H35NO3/c1-6-16-26(17-7-2)25(27)18-23(22-10-8-9-11-24(22)28-5)20-12-14-21(15-13-20)29-19(3)4/h8-15,19,23H,6-7,16-18H2,1-5H3. The summed E-state index contributed by atoms with van der Waals surface area (Å²) >= 11 is 0. The minimum atomic E-state index is -0.0667. The lowest BCUT2D eigenvalue weighted by Gasteiger charge is -2.26. The number of hydrogen-bond donors (Lipinski definition) is 0. The van der Waals surface area contributed by atoms with Crippen LogP contribution >= 0.6 is 0 Å². The Morgan fingerprint density at radius 3 is 2.14 bits per heavy atom. The first-order chi connectivity index (χ1) is 14.0. The third kappa shape index (κ3) is 6.52. The molecule has 4 nitrogen and oxygen atoms in total. The van der Waals surface area contributed by atoms with Gasteiger partial charge in [0.2, 0.25) is 5.91 Å². The summed E-state index contributed by atoms with van der Waals surface area (Å²) in [4.78, 5) is 15.1. The SMILES string of the molecule is CCCN(CCC)C(=O)CC(c1ccc(OC(C)C)cc1)c1ccccc1OC. The molecule has 1 amide bonds. The number of hydrogen-bond acceptors (Lipinski definition) is 3. The molecular formula is C25H35NO3. The maximum absolute atomic E-state index is 13.2.